The van der Waals surface area contributed by atoms with Gasteiger partial charge in [0.1, 0.15) is 18.3 Å². The van der Waals surface area contributed by atoms with Crippen molar-refractivity contribution in [3.8, 4) is 11.7 Å². The van der Waals surface area contributed by atoms with Crippen LogP contribution in [-0.4, -0.2) is 31.0 Å². The van der Waals surface area contributed by atoms with Gasteiger partial charge in [-0.15, -0.1) is 0 Å². The van der Waals surface area contributed by atoms with E-state index in [1.807, 2.05) is 0 Å². The van der Waals surface area contributed by atoms with Crippen molar-refractivity contribution in [1.29, 1.82) is 0 Å². The van der Waals surface area contributed by atoms with Crippen molar-refractivity contribution in [1.82, 2.24) is 19.5 Å². The Hall–Kier alpha value is -4.15. The number of benzene rings is 2. The zero-order valence-electron chi connectivity index (χ0n) is 15.8. The van der Waals surface area contributed by atoms with Crippen LogP contribution >= 0.6 is 0 Å². The SMILES string of the molecule is O=[N+]([O-])c1cnc(-n2cnc3ccc(F)cc32)nc1N[C@@H]1CCOc2c(F)cccc21. The third kappa shape index (κ3) is 3.29. The summed E-state index contributed by atoms with van der Waals surface area (Å²) in [4.78, 5) is 23.5. The molecule has 0 amide bonds. The first-order valence-electron chi connectivity index (χ1n) is 9.33. The van der Waals surface area contributed by atoms with E-state index >= 15 is 0 Å². The smallest absolute Gasteiger partial charge is 0.329 e. The third-order valence-corrected chi connectivity index (χ3v) is 5.01. The monoisotopic (exact) mass is 424 g/mol. The molecule has 0 unspecified atom stereocenters. The molecule has 5 rings (SSSR count). The normalized spacial score (nSPS) is 15.4. The van der Waals surface area contributed by atoms with E-state index in [0.29, 0.717) is 23.0 Å². The van der Waals surface area contributed by atoms with Crippen molar-refractivity contribution < 1.29 is 18.4 Å². The molecule has 0 spiro atoms. The fraction of sp³-hybridized carbons (Fsp3) is 0.150. The van der Waals surface area contributed by atoms with Crippen molar-refractivity contribution in [2.24, 2.45) is 0 Å². The fourth-order valence-electron chi connectivity index (χ4n) is 3.56. The number of aromatic nitrogens is 4. The fourth-order valence-corrected chi connectivity index (χ4v) is 3.56. The van der Waals surface area contributed by atoms with Crippen LogP contribution in [0.5, 0.6) is 5.75 Å². The molecule has 31 heavy (non-hydrogen) atoms. The zero-order valence-corrected chi connectivity index (χ0v) is 15.8. The molecule has 1 aliphatic heterocycles. The van der Waals surface area contributed by atoms with Gasteiger partial charge >= 0.3 is 5.69 Å². The summed E-state index contributed by atoms with van der Waals surface area (Å²) in [6.45, 7) is 0.239. The van der Waals surface area contributed by atoms with Crippen molar-refractivity contribution in [2.45, 2.75) is 12.5 Å². The van der Waals surface area contributed by atoms with Crippen molar-refractivity contribution in [3.05, 3.63) is 76.2 Å². The molecule has 1 atom stereocenters. The highest BCUT2D eigenvalue weighted by Gasteiger charge is 2.27. The standard InChI is InChI=1S/C20H14F2N6O3/c21-11-4-5-15-16(8-11)27(10-24-15)20-23-9-17(28(29)30)19(26-20)25-14-6-7-31-18-12(14)2-1-3-13(18)22/h1-5,8-10,14H,6-7H2,(H,23,25,26)/t14-/m1/s1. The maximum Gasteiger partial charge on any atom is 0.329 e. The molecule has 2 aromatic carbocycles. The molecule has 0 saturated carbocycles. The van der Waals surface area contributed by atoms with Crippen LogP contribution in [0.1, 0.15) is 18.0 Å². The number of anilines is 1. The number of fused-ring (bicyclic) bond motifs is 2. The summed E-state index contributed by atoms with van der Waals surface area (Å²) in [5, 5.41) is 14.6. The number of hydrogen-bond acceptors (Lipinski definition) is 7. The Morgan fingerprint density at radius 3 is 2.94 bits per heavy atom. The van der Waals surface area contributed by atoms with E-state index < -0.39 is 22.6 Å². The molecule has 11 heteroatoms. The Labute approximate surface area is 173 Å². The molecule has 156 valence electrons. The topological polar surface area (TPSA) is 108 Å². The Kier molecular flexibility index (Phi) is 4.42. The van der Waals surface area contributed by atoms with Gasteiger partial charge in [0.05, 0.1) is 28.6 Å². The summed E-state index contributed by atoms with van der Waals surface area (Å²) in [6, 6.07) is 8.13. The van der Waals surface area contributed by atoms with Crippen LogP contribution in [0.2, 0.25) is 0 Å². The second-order valence-electron chi connectivity index (χ2n) is 6.90. The Morgan fingerprint density at radius 2 is 2.10 bits per heavy atom. The van der Waals surface area contributed by atoms with Gasteiger partial charge in [-0.1, -0.05) is 12.1 Å². The third-order valence-electron chi connectivity index (χ3n) is 5.01. The van der Waals surface area contributed by atoms with Crippen LogP contribution in [0, 0.1) is 21.7 Å². The van der Waals surface area contributed by atoms with Gasteiger partial charge in [0.15, 0.2) is 11.6 Å². The van der Waals surface area contributed by atoms with Gasteiger partial charge in [-0.2, -0.15) is 4.98 Å². The number of rotatable bonds is 4. The number of imidazole rings is 1. The Balaban J connectivity index is 1.58. The van der Waals surface area contributed by atoms with E-state index in [4.69, 9.17) is 4.74 Å². The van der Waals surface area contributed by atoms with Gasteiger partial charge < -0.3 is 10.1 Å². The van der Waals surface area contributed by atoms with Crippen LogP contribution in [0.25, 0.3) is 17.0 Å². The Morgan fingerprint density at radius 1 is 1.23 bits per heavy atom. The lowest BCUT2D eigenvalue weighted by Gasteiger charge is -2.27. The van der Waals surface area contributed by atoms with Gasteiger partial charge in [-0.25, -0.2) is 18.7 Å². The summed E-state index contributed by atoms with van der Waals surface area (Å²) in [5.41, 5.74) is 1.13. The number of nitrogens with one attached hydrogen (secondary N) is 1. The van der Waals surface area contributed by atoms with Crippen LogP contribution in [0.4, 0.5) is 20.3 Å². The molecule has 2 aromatic heterocycles. The minimum absolute atomic E-state index is 0.0460. The summed E-state index contributed by atoms with van der Waals surface area (Å²) in [6.07, 6.45) is 2.93. The molecular weight excluding hydrogens is 410 g/mol. The number of halogens is 2. The summed E-state index contributed by atoms with van der Waals surface area (Å²) in [5.74, 6) is -0.827. The summed E-state index contributed by atoms with van der Waals surface area (Å²) in [7, 11) is 0. The van der Waals surface area contributed by atoms with Crippen LogP contribution in [-0.2, 0) is 0 Å². The average Bonchev–Trinajstić information content (AvgIpc) is 3.17. The van der Waals surface area contributed by atoms with Crippen molar-refractivity contribution in [3.63, 3.8) is 0 Å². The molecule has 0 bridgehead atoms. The minimum atomic E-state index is -0.608. The molecular formula is C20H14F2N6O3. The average molecular weight is 424 g/mol. The zero-order chi connectivity index (χ0) is 21.5. The number of nitrogens with zero attached hydrogens (tertiary/aromatic N) is 5. The number of nitro groups is 1. The van der Waals surface area contributed by atoms with Crippen LogP contribution in [0.3, 0.4) is 0 Å². The minimum Gasteiger partial charge on any atom is -0.490 e. The van der Waals surface area contributed by atoms with Gasteiger partial charge in [0.2, 0.25) is 11.8 Å². The lowest BCUT2D eigenvalue weighted by atomic mass is 10.0. The number of hydrogen-bond donors (Lipinski definition) is 1. The lowest BCUT2D eigenvalue weighted by molar-refractivity contribution is -0.384. The van der Waals surface area contributed by atoms with Gasteiger partial charge in [-0.05, 0) is 18.2 Å². The van der Waals surface area contributed by atoms with Crippen molar-refractivity contribution >= 4 is 22.5 Å². The molecule has 0 fully saturated rings. The molecule has 3 heterocycles. The highest BCUT2D eigenvalue weighted by molar-refractivity contribution is 5.76. The van der Waals surface area contributed by atoms with E-state index in [0.717, 1.165) is 6.20 Å². The van der Waals surface area contributed by atoms with Gasteiger partial charge in [0.25, 0.3) is 0 Å². The lowest BCUT2D eigenvalue weighted by Crippen LogP contribution is -2.22. The Bertz CT molecular complexity index is 1330. The summed E-state index contributed by atoms with van der Waals surface area (Å²) < 4.78 is 34.7. The van der Waals surface area contributed by atoms with Gasteiger partial charge in [0, 0.05) is 18.1 Å². The van der Waals surface area contributed by atoms with Crippen LogP contribution in [0.15, 0.2) is 48.9 Å². The van der Waals surface area contributed by atoms with E-state index in [1.165, 1.54) is 35.2 Å². The molecule has 1 N–H and O–H groups in total. The first-order valence-corrected chi connectivity index (χ1v) is 9.33. The van der Waals surface area contributed by atoms with Crippen molar-refractivity contribution in [2.75, 3.05) is 11.9 Å². The molecule has 4 aromatic rings. The predicted molar refractivity (Wildman–Crippen MR) is 106 cm³/mol. The molecule has 9 nitrogen and oxygen atoms in total. The van der Waals surface area contributed by atoms with Gasteiger partial charge in [-0.3, -0.25) is 14.7 Å². The molecule has 1 aliphatic rings. The largest absolute Gasteiger partial charge is 0.490 e. The first-order chi connectivity index (χ1) is 15.0. The number of ether oxygens (including phenoxy) is 1. The first kappa shape index (κ1) is 18.9. The molecule has 0 aliphatic carbocycles. The summed E-state index contributed by atoms with van der Waals surface area (Å²) >= 11 is 0. The second-order valence-corrected chi connectivity index (χ2v) is 6.90. The second kappa shape index (κ2) is 7.27. The van der Waals surface area contributed by atoms with E-state index in [1.54, 1.807) is 12.1 Å². The maximum absolute atomic E-state index is 14.1. The molecule has 0 saturated heterocycles. The molecule has 0 radical (unpaired) electrons. The number of para-hydroxylation sites is 1. The van der Waals surface area contributed by atoms with Crippen LogP contribution < -0.4 is 10.1 Å². The van der Waals surface area contributed by atoms with E-state index in [9.17, 15) is 18.9 Å². The van der Waals surface area contributed by atoms with E-state index in [-0.39, 0.29) is 29.8 Å². The maximum atomic E-state index is 14.1. The highest BCUT2D eigenvalue weighted by atomic mass is 19.1. The van der Waals surface area contributed by atoms with E-state index in [2.05, 4.69) is 20.3 Å². The quantitative estimate of drug-likeness (QED) is 0.390. The predicted octanol–water partition coefficient (Wildman–Crippen LogP) is 3.94. The highest BCUT2D eigenvalue weighted by Crippen LogP contribution is 2.37.